The van der Waals surface area contributed by atoms with E-state index in [4.69, 9.17) is 0 Å². The summed E-state index contributed by atoms with van der Waals surface area (Å²) in [4.78, 5) is 14.7. The predicted molar refractivity (Wildman–Crippen MR) is 95.9 cm³/mol. The maximum atomic E-state index is 12.6. The molecule has 0 radical (unpaired) electrons. The van der Waals surface area contributed by atoms with E-state index in [0.29, 0.717) is 18.9 Å². The summed E-state index contributed by atoms with van der Waals surface area (Å²) in [6.07, 6.45) is 7.37. The number of piperidine rings is 1. The topological polar surface area (TPSA) is 66.8 Å². The molecule has 3 aromatic rings. The molecular weight excluding hydrogens is 314 g/mol. The molecule has 1 amide bonds. The Morgan fingerprint density at radius 2 is 2.20 bits per heavy atom. The summed E-state index contributed by atoms with van der Waals surface area (Å²) in [5.74, 6) is 0.748. The van der Waals surface area contributed by atoms with Gasteiger partial charge in [0.1, 0.15) is 0 Å². The molecule has 6 nitrogen and oxygen atoms in total. The number of hydrogen-bond donors (Lipinski definition) is 1. The zero-order chi connectivity index (χ0) is 17.1. The quantitative estimate of drug-likeness (QED) is 0.778. The third kappa shape index (κ3) is 3.57. The normalized spacial score (nSPS) is 17.9. The maximum absolute atomic E-state index is 12.6. The first-order chi connectivity index (χ1) is 12.3. The van der Waals surface area contributed by atoms with Crippen molar-refractivity contribution in [2.45, 2.75) is 32.2 Å². The number of aromatic nitrogens is 4. The minimum Gasteiger partial charge on any atom is -0.342 e. The average molecular weight is 337 g/mol. The number of nitrogens with zero attached hydrogens (tertiary/aromatic N) is 4. The van der Waals surface area contributed by atoms with Crippen molar-refractivity contribution in [3.05, 3.63) is 48.4 Å². The Hall–Kier alpha value is -2.63. The van der Waals surface area contributed by atoms with Gasteiger partial charge >= 0.3 is 0 Å². The molecule has 1 aliphatic heterocycles. The van der Waals surface area contributed by atoms with Gasteiger partial charge in [0.2, 0.25) is 5.91 Å². The van der Waals surface area contributed by atoms with E-state index in [-0.39, 0.29) is 5.91 Å². The van der Waals surface area contributed by atoms with E-state index in [1.165, 1.54) is 6.42 Å². The lowest BCUT2D eigenvalue weighted by molar-refractivity contribution is -0.133. The monoisotopic (exact) mass is 337 g/mol. The second kappa shape index (κ2) is 7.09. The molecule has 1 aliphatic rings. The SMILES string of the molecule is O=C(CCn1ncc2ccccc21)N1CCC[C@@H](Cc2ccn[nH]2)C1. The molecule has 1 atom stereocenters. The van der Waals surface area contributed by atoms with Crippen LogP contribution in [0.25, 0.3) is 10.9 Å². The van der Waals surface area contributed by atoms with Crippen LogP contribution in [0.15, 0.2) is 42.7 Å². The number of fused-ring (bicyclic) bond motifs is 1. The van der Waals surface area contributed by atoms with Gasteiger partial charge in [-0.3, -0.25) is 14.6 Å². The fourth-order valence-electron chi connectivity index (χ4n) is 3.73. The summed E-state index contributed by atoms with van der Waals surface area (Å²) >= 11 is 0. The first-order valence-corrected chi connectivity index (χ1v) is 8.96. The fraction of sp³-hybridized carbons (Fsp3) is 0.421. The molecule has 0 unspecified atom stereocenters. The first kappa shape index (κ1) is 15.9. The number of para-hydroxylation sites is 1. The van der Waals surface area contributed by atoms with Crippen molar-refractivity contribution in [3.63, 3.8) is 0 Å². The Morgan fingerprint density at radius 1 is 1.28 bits per heavy atom. The summed E-state index contributed by atoms with van der Waals surface area (Å²) < 4.78 is 1.93. The second-order valence-corrected chi connectivity index (χ2v) is 6.81. The van der Waals surface area contributed by atoms with Crippen molar-refractivity contribution < 1.29 is 4.79 Å². The Kier molecular flexibility index (Phi) is 4.50. The van der Waals surface area contributed by atoms with Crippen LogP contribution >= 0.6 is 0 Å². The number of amides is 1. The molecule has 1 aromatic carbocycles. The summed E-state index contributed by atoms with van der Waals surface area (Å²) in [6.45, 7) is 2.35. The molecule has 1 fully saturated rings. The molecule has 130 valence electrons. The minimum absolute atomic E-state index is 0.230. The summed E-state index contributed by atoms with van der Waals surface area (Å²) in [5.41, 5.74) is 2.24. The standard InChI is InChI=1S/C19H23N5O/c25-19(8-11-24-18-6-2-1-5-16(18)13-21-24)23-10-3-4-15(14-23)12-17-7-9-20-22-17/h1-2,5-7,9,13,15H,3-4,8,10-12,14H2,(H,20,22)/t15-/m0/s1. The molecule has 25 heavy (non-hydrogen) atoms. The van der Waals surface area contributed by atoms with Gasteiger partial charge in [0.25, 0.3) is 0 Å². The Balaban J connectivity index is 1.34. The van der Waals surface area contributed by atoms with Gasteiger partial charge in [-0.2, -0.15) is 10.2 Å². The first-order valence-electron chi connectivity index (χ1n) is 8.96. The summed E-state index contributed by atoms with van der Waals surface area (Å²) in [6, 6.07) is 10.1. The van der Waals surface area contributed by atoms with Crippen LogP contribution in [0.3, 0.4) is 0 Å². The number of rotatable bonds is 5. The maximum Gasteiger partial charge on any atom is 0.224 e. The van der Waals surface area contributed by atoms with Crippen molar-refractivity contribution in [1.29, 1.82) is 0 Å². The number of nitrogens with one attached hydrogen (secondary N) is 1. The van der Waals surface area contributed by atoms with E-state index >= 15 is 0 Å². The highest BCUT2D eigenvalue weighted by Crippen LogP contribution is 2.21. The van der Waals surface area contributed by atoms with Crippen molar-refractivity contribution in [3.8, 4) is 0 Å². The van der Waals surface area contributed by atoms with Crippen LogP contribution in [0.5, 0.6) is 0 Å². The van der Waals surface area contributed by atoms with E-state index in [0.717, 1.165) is 42.5 Å². The van der Waals surface area contributed by atoms with Crippen LogP contribution in [0.2, 0.25) is 0 Å². The van der Waals surface area contributed by atoms with E-state index < -0.39 is 0 Å². The van der Waals surface area contributed by atoms with Crippen LogP contribution in [0.1, 0.15) is 25.0 Å². The van der Waals surface area contributed by atoms with Gasteiger partial charge in [0, 0.05) is 36.8 Å². The third-order valence-electron chi connectivity index (χ3n) is 5.03. The van der Waals surface area contributed by atoms with Crippen LogP contribution in [-0.4, -0.2) is 43.9 Å². The van der Waals surface area contributed by atoms with Gasteiger partial charge < -0.3 is 4.90 Å². The van der Waals surface area contributed by atoms with E-state index in [2.05, 4.69) is 15.3 Å². The lowest BCUT2D eigenvalue weighted by atomic mass is 9.93. The highest BCUT2D eigenvalue weighted by atomic mass is 16.2. The molecule has 0 aliphatic carbocycles. The predicted octanol–water partition coefficient (Wildman–Crippen LogP) is 2.63. The number of likely N-dealkylation sites (tertiary alicyclic amines) is 1. The Morgan fingerprint density at radius 3 is 3.08 bits per heavy atom. The molecule has 1 N–H and O–H groups in total. The molecule has 3 heterocycles. The molecule has 4 rings (SSSR count). The third-order valence-corrected chi connectivity index (χ3v) is 5.03. The van der Waals surface area contributed by atoms with Gasteiger partial charge in [-0.1, -0.05) is 18.2 Å². The number of H-pyrrole nitrogens is 1. The van der Waals surface area contributed by atoms with Crippen LogP contribution < -0.4 is 0 Å². The lowest BCUT2D eigenvalue weighted by Crippen LogP contribution is -2.40. The fourth-order valence-corrected chi connectivity index (χ4v) is 3.73. The van der Waals surface area contributed by atoms with Gasteiger partial charge in [0.15, 0.2) is 0 Å². The zero-order valence-corrected chi connectivity index (χ0v) is 14.3. The molecule has 0 bridgehead atoms. The van der Waals surface area contributed by atoms with Crippen LogP contribution in [0, 0.1) is 5.92 Å². The van der Waals surface area contributed by atoms with Gasteiger partial charge in [-0.25, -0.2) is 0 Å². The average Bonchev–Trinajstić information content (AvgIpc) is 3.30. The molecular formula is C19H23N5O. The van der Waals surface area contributed by atoms with E-state index in [1.54, 1.807) is 6.20 Å². The Bertz CT molecular complexity index is 839. The molecule has 2 aromatic heterocycles. The number of hydrogen-bond acceptors (Lipinski definition) is 3. The second-order valence-electron chi connectivity index (χ2n) is 6.81. The van der Waals surface area contributed by atoms with Crippen molar-refractivity contribution >= 4 is 16.8 Å². The zero-order valence-electron chi connectivity index (χ0n) is 14.3. The molecule has 0 spiro atoms. The number of aryl methyl sites for hydroxylation is 1. The van der Waals surface area contributed by atoms with E-state index in [9.17, 15) is 4.79 Å². The largest absolute Gasteiger partial charge is 0.342 e. The molecule has 0 saturated carbocycles. The highest BCUT2D eigenvalue weighted by molar-refractivity contribution is 5.79. The summed E-state index contributed by atoms with van der Waals surface area (Å²) in [5, 5.41) is 12.6. The van der Waals surface area contributed by atoms with Crippen molar-refractivity contribution in [2.24, 2.45) is 5.92 Å². The van der Waals surface area contributed by atoms with Crippen LogP contribution in [0.4, 0.5) is 0 Å². The van der Waals surface area contributed by atoms with Gasteiger partial charge in [-0.15, -0.1) is 0 Å². The number of carbonyl (C=O) groups excluding carboxylic acids is 1. The number of benzene rings is 1. The van der Waals surface area contributed by atoms with Crippen LogP contribution in [-0.2, 0) is 17.8 Å². The number of aromatic amines is 1. The molecule has 1 saturated heterocycles. The highest BCUT2D eigenvalue weighted by Gasteiger charge is 2.24. The lowest BCUT2D eigenvalue weighted by Gasteiger charge is -2.32. The number of carbonyl (C=O) groups is 1. The minimum atomic E-state index is 0.230. The van der Waals surface area contributed by atoms with Gasteiger partial charge in [0.05, 0.1) is 18.3 Å². The molecule has 6 heteroatoms. The van der Waals surface area contributed by atoms with Gasteiger partial charge in [-0.05, 0) is 37.3 Å². The van der Waals surface area contributed by atoms with E-state index in [1.807, 2.05) is 46.1 Å². The summed E-state index contributed by atoms with van der Waals surface area (Å²) in [7, 11) is 0. The smallest absolute Gasteiger partial charge is 0.224 e. The van der Waals surface area contributed by atoms with Crippen molar-refractivity contribution in [2.75, 3.05) is 13.1 Å². The Labute approximate surface area is 146 Å². The van der Waals surface area contributed by atoms with Crippen molar-refractivity contribution in [1.82, 2.24) is 24.9 Å².